The van der Waals surface area contributed by atoms with Crippen LogP contribution in [0.15, 0.2) is 22.9 Å². The topological polar surface area (TPSA) is 12.9 Å². The van der Waals surface area contributed by atoms with Crippen LogP contribution in [0.25, 0.3) is 0 Å². The van der Waals surface area contributed by atoms with Crippen molar-refractivity contribution in [3.8, 4) is 0 Å². The highest BCUT2D eigenvalue weighted by Gasteiger charge is 2.17. The van der Waals surface area contributed by atoms with Gasteiger partial charge < -0.3 is 0 Å². The maximum atomic E-state index is 4.68. The second-order valence-corrected chi connectivity index (χ2v) is 6.61. The van der Waals surface area contributed by atoms with E-state index in [-0.39, 0.29) is 5.41 Å². The molecule has 3 heteroatoms. The van der Waals surface area contributed by atoms with Crippen LogP contribution in [0.2, 0.25) is 0 Å². The normalized spacial score (nSPS) is 11.9. The summed E-state index contributed by atoms with van der Waals surface area (Å²) in [6, 6.07) is 4.26. The lowest BCUT2D eigenvalue weighted by Crippen LogP contribution is -2.11. The molecule has 0 atom stereocenters. The Balaban J connectivity index is 2.15. The molecule has 15 heavy (non-hydrogen) atoms. The zero-order valence-electron chi connectivity index (χ0n) is 9.28. The Morgan fingerprint density at radius 1 is 1.27 bits per heavy atom. The fraction of sp³-hybridized carbons (Fsp3) is 0.417. The average molecular weight is 237 g/mol. The fourth-order valence-electron chi connectivity index (χ4n) is 1.30. The molecule has 0 spiro atoms. The van der Waals surface area contributed by atoms with Gasteiger partial charge in [0.2, 0.25) is 0 Å². The summed E-state index contributed by atoms with van der Waals surface area (Å²) < 4.78 is 0. The van der Waals surface area contributed by atoms with Crippen LogP contribution in [-0.4, -0.2) is 4.98 Å². The van der Waals surface area contributed by atoms with Gasteiger partial charge in [-0.05, 0) is 11.4 Å². The molecule has 0 fully saturated rings. The number of hydrogen-bond donors (Lipinski definition) is 0. The molecule has 0 saturated heterocycles. The molecule has 0 unspecified atom stereocenters. The molecule has 80 valence electrons. The van der Waals surface area contributed by atoms with Crippen LogP contribution in [0, 0.1) is 0 Å². The van der Waals surface area contributed by atoms with Crippen molar-refractivity contribution in [2.75, 3.05) is 0 Å². The maximum absolute atomic E-state index is 4.68. The third kappa shape index (κ3) is 2.67. The van der Waals surface area contributed by atoms with Gasteiger partial charge in [-0.1, -0.05) is 26.8 Å². The van der Waals surface area contributed by atoms with Gasteiger partial charge >= 0.3 is 0 Å². The Morgan fingerprint density at radius 3 is 2.60 bits per heavy atom. The highest BCUT2D eigenvalue weighted by atomic mass is 32.1. The van der Waals surface area contributed by atoms with E-state index in [1.165, 1.54) is 15.6 Å². The number of nitrogens with zero attached hydrogens (tertiary/aromatic N) is 1. The van der Waals surface area contributed by atoms with Gasteiger partial charge in [-0.15, -0.1) is 22.7 Å². The molecule has 0 aliphatic heterocycles. The molecule has 2 aromatic rings. The molecule has 2 aromatic heterocycles. The van der Waals surface area contributed by atoms with Crippen LogP contribution >= 0.6 is 22.7 Å². The molecule has 2 heterocycles. The van der Waals surface area contributed by atoms with Crippen molar-refractivity contribution in [3.05, 3.63) is 38.5 Å². The van der Waals surface area contributed by atoms with Crippen molar-refractivity contribution in [2.45, 2.75) is 32.6 Å². The monoisotopic (exact) mass is 237 g/mol. The van der Waals surface area contributed by atoms with Gasteiger partial charge in [0.1, 0.15) is 0 Å². The Morgan fingerprint density at radius 2 is 2.07 bits per heavy atom. The zero-order chi connectivity index (χ0) is 10.9. The molecule has 2 rings (SSSR count). The second-order valence-electron chi connectivity index (χ2n) is 4.63. The minimum Gasteiger partial charge on any atom is -0.245 e. The van der Waals surface area contributed by atoms with Gasteiger partial charge in [0.05, 0.1) is 10.7 Å². The molecule has 0 aromatic carbocycles. The number of thiazole rings is 1. The van der Waals surface area contributed by atoms with Crippen molar-refractivity contribution >= 4 is 22.7 Å². The summed E-state index contributed by atoms with van der Waals surface area (Å²) in [6.45, 7) is 6.62. The summed E-state index contributed by atoms with van der Waals surface area (Å²) in [4.78, 5) is 6.07. The first kappa shape index (κ1) is 10.8. The van der Waals surface area contributed by atoms with E-state index in [9.17, 15) is 0 Å². The zero-order valence-corrected chi connectivity index (χ0v) is 10.9. The van der Waals surface area contributed by atoms with Crippen molar-refractivity contribution in [1.82, 2.24) is 4.98 Å². The van der Waals surface area contributed by atoms with Gasteiger partial charge in [0.15, 0.2) is 0 Å². The summed E-state index contributed by atoms with van der Waals surface area (Å²) in [7, 11) is 0. The van der Waals surface area contributed by atoms with Gasteiger partial charge in [0, 0.05) is 22.1 Å². The SMILES string of the molecule is CC(C)(C)c1csc(Cc2cccs2)n1. The Hall–Kier alpha value is -0.670. The summed E-state index contributed by atoms with van der Waals surface area (Å²) in [5, 5.41) is 5.53. The van der Waals surface area contributed by atoms with E-state index in [0.29, 0.717) is 0 Å². The first-order chi connectivity index (χ1) is 7.05. The molecule has 0 aliphatic carbocycles. The lowest BCUT2D eigenvalue weighted by atomic mass is 9.93. The number of rotatable bonds is 2. The van der Waals surface area contributed by atoms with Gasteiger partial charge in [-0.25, -0.2) is 4.98 Å². The molecular weight excluding hydrogens is 222 g/mol. The Kier molecular flexibility index (Phi) is 2.94. The molecular formula is C12H15NS2. The fourth-order valence-corrected chi connectivity index (χ4v) is 3.14. The third-order valence-electron chi connectivity index (χ3n) is 2.23. The van der Waals surface area contributed by atoms with Crippen LogP contribution in [0.3, 0.4) is 0 Å². The summed E-state index contributed by atoms with van der Waals surface area (Å²) in [5.74, 6) is 0. The lowest BCUT2D eigenvalue weighted by Gasteiger charge is -2.14. The molecule has 0 N–H and O–H groups in total. The van der Waals surface area contributed by atoms with E-state index in [1.807, 2.05) is 0 Å². The standard InChI is InChI=1S/C12H15NS2/c1-12(2,3)10-8-15-11(13-10)7-9-5-4-6-14-9/h4-6,8H,7H2,1-3H3. The van der Waals surface area contributed by atoms with Crippen molar-refractivity contribution in [3.63, 3.8) is 0 Å². The summed E-state index contributed by atoms with van der Waals surface area (Å²) in [6.07, 6.45) is 0.985. The quantitative estimate of drug-likeness (QED) is 0.766. The molecule has 0 amide bonds. The minimum atomic E-state index is 0.171. The smallest absolute Gasteiger partial charge is 0.0980 e. The van der Waals surface area contributed by atoms with E-state index in [4.69, 9.17) is 0 Å². The average Bonchev–Trinajstić information content (AvgIpc) is 2.73. The van der Waals surface area contributed by atoms with Crippen molar-refractivity contribution < 1.29 is 0 Å². The van der Waals surface area contributed by atoms with Gasteiger partial charge in [-0.3, -0.25) is 0 Å². The van der Waals surface area contributed by atoms with Gasteiger partial charge in [-0.2, -0.15) is 0 Å². The second kappa shape index (κ2) is 4.06. The maximum Gasteiger partial charge on any atom is 0.0980 e. The predicted octanol–water partition coefficient (Wildman–Crippen LogP) is 4.09. The van der Waals surface area contributed by atoms with E-state index in [2.05, 4.69) is 48.6 Å². The third-order valence-corrected chi connectivity index (χ3v) is 3.95. The van der Waals surface area contributed by atoms with Gasteiger partial charge in [0.25, 0.3) is 0 Å². The van der Waals surface area contributed by atoms with E-state index in [0.717, 1.165) is 6.42 Å². The molecule has 0 aliphatic rings. The van der Waals surface area contributed by atoms with E-state index >= 15 is 0 Å². The largest absolute Gasteiger partial charge is 0.245 e. The molecule has 1 nitrogen and oxygen atoms in total. The molecule has 0 bridgehead atoms. The number of hydrogen-bond acceptors (Lipinski definition) is 3. The Labute approximate surface area is 98.8 Å². The van der Waals surface area contributed by atoms with Crippen molar-refractivity contribution in [1.29, 1.82) is 0 Å². The van der Waals surface area contributed by atoms with E-state index in [1.54, 1.807) is 22.7 Å². The Bertz CT molecular complexity index is 421. The minimum absolute atomic E-state index is 0.171. The van der Waals surface area contributed by atoms with Crippen LogP contribution in [-0.2, 0) is 11.8 Å². The van der Waals surface area contributed by atoms with Crippen LogP contribution in [0.1, 0.15) is 36.3 Å². The molecule has 0 saturated carbocycles. The van der Waals surface area contributed by atoms with Crippen LogP contribution in [0.5, 0.6) is 0 Å². The summed E-state index contributed by atoms with van der Waals surface area (Å²) in [5.41, 5.74) is 1.38. The predicted molar refractivity (Wildman–Crippen MR) is 67.9 cm³/mol. The van der Waals surface area contributed by atoms with Crippen molar-refractivity contribution in [2.24, 2.45) is 0 Å². The first-order valence-electron chi connectivity index (χ1n) is 5.03. The van der Waals surface area contributed by atoms with Crippen LogP contribution < -0.4 is 0 Å². The molecule has 0 radical (unpaired) electrons. The highest BCUT2D eigenvalue weighted by molar-refractivity contribution is 7.11. The highest BCUT2D eigenvalue weighted by Crippen LogP contribution is 2.25. The first-order valence-corrected chi connectivity index (χ1v) is 6.79. The lowest BCUT2D eigenvalue weighted by molar-refractivity contribution is 0.571. The number of thiophene rings is 1. The van der Waals surface area contributed by atoms with Crippen LogP contribution in [0.4, 0.5) is 0 Å². The number of aromatic nitrogens is 1. The summed E-state index contributed by atoms with van der Waals surface area (Å²) >= 11 is 3.57. The van der Waals surface area contributed by atoms with E-state index < -0.39 is 0 Å².